The number of nitrogens with one attached hydrogen (secondary N) is 1. The molecule has 1 aliphatic rings. The molecule has 1 N–H and O–H groups in total. The molecule has 1 aromatic rings. The van der Waals surface area contributed by atoms with Crippen molar-refractivity contribution in [2.24, 2.45) is 0 Å². The smallest absolute Gasteiger partial charge is 0.242 e. The fraction of sp³-hybridized carbons (Fsp3) is 0.467. The molecule has 1 aliphatic heterocycles. The molecule has 4 heteroatoms. The van der Waals surface area contributed by atoms with Crippen LogP contribution >= 0.6 is 0 Å². The van der Waals surface area contributed by atoms with Crippen LogP contribution < -0.4 is 5.32 Å². The van der Waals surface area contributed by atoms with Crippen LogP contribution in [0.25, 0.3) is 0 Å². The minimum Gasteiger partial charge on any atom is -0.354 e. The van der Waals surface area contributed by atoms with E-state index in [0.29, 0.717) is 13.1 Å². The lowest BCUT2D eigenvalue weighted by Crippen LogP contribution is -2.45. The van der Waals surface area contributed by atoms with E-state index in [1.165, 1.54) is 12.5 Å². The van der Waals surface area contributed by atoms with Crippen molar-refractivity contribution in [3.05, 3.63) is 35.9 Å². The summed E-state index contributed by atoms with van der Waals surface area (Å²) in [7, 11) is 0. The number of benzene rings is 1. The van der Waals surface area contributed by atoms with Crippen LogP contribution in [0.15, 0.2) is 30.3 Å². The first kappa shape index (κ1) is 13.6. The number of rotatable bonds is 4. The molecule has 1 heterocycles. The third-order valence-corrected chi connectivity index (χ3v) is 3.52. The van der Waals surface area contributed by atoms with E-state index in [2.05, 4.69) is 5.32 Å². The SMILES string of the molecule is CC(=O)N1CCC[C@@H]1C(=O)NCCc1ccccc1. The Bertz CT molecular complexity index is 445. The Balaban J connectivity index is 1.80. The molecule has 19 heavy (non-hydrogen) atoms. The van der Waals surface area contributed by atoms with Gasteiger partial charge >= 0.3 is 0 Å². The molecular formula is C15H20N2O2. The largest absolute Gasteiger partial charge is 0.354 e. The summed E-state index contributed by atoms with van der Waals surface area (Å²) >= 11 is 0. The molecule has 0 bridgehead atoms. The molecule has 0 spiro atoms. The second kappa shape index (κ2) is 6.36. The molecule has 1 aromatic carbocycles. The average Bonchev–Trinajstić information content (AvgIpc) is 2.89. The van der Waals surface area contributed by atoms with Gasteiger partial charge in [-0.3, -0.25) is 9.59 Å². The van der Waals surface area contributed by atoms with Crippen LogP contribution in [0.5, 0.6) is 0 Å². The Kier molecular flexibility index (Phi) is 4.55. The van der Waals surface area contributed by atoms with Gasteiger partial charge in [-0.2, -0.15) is 0 Å². The maximum Gasteiger partial charge on any atom is 0.242 e. The highest BCUT2D eigenvalue weighted by Crippen LogP contribution is 2.17. The van der Waals surface area contributed by atoms with E-state index < -0.39 is 0 Å². The minimum atomic E-state index is -0.270. The normalized spacial score (nSPS) is 18.4. The fourth-order valence-corrected chi connectivity index (χ4v) is 2.51. The van der Waals surface area contributed by atoms with Gasteiger partial charge in [0.1, 0.15) is 6.04 Å². The molecule has 1 atom stereocenters. The number of amides is 2. The molecule has 102 valence electrons. The number of nitrogens with zero attached hydrogens (tertiary/aromatic N) is 1. The van der Waals surface area contributed by atoms with Gasteiger partial charge in [0.05, 0.1) is 0 Å². The van der Waals surface area contributed by atoms with Crippen molar-refractivity contribution in [2.45, 2.75) is 32.2 Å². The second-order valence-corrected chi connectivity index (χ2v) is 4.90. The molecule has 2 amide bonds. The van der Waals surface area contributed by atoms with Gasteiger partial charge in [0.25, 0.3) is 0 Å². The van der Waals surface area contributed by atoms with Crippen LogP contribution in [0, 0.1) is 0 Å². The molecule has 0 saturated carbocycles. The molecule has 0 aliphatic carbocycles. The van der Waals surface area contributed by atoms with E-state index in [4.69, 9.17) is 0 Å². The van der Waals surface area contributed by atoms with Crippen molar-refractivity contribution in [3.63, 3.8) is 0 Å². The van der Waals surface area contributed by atoms with Crippen LogP contribution in [0.2, 0.25) is 0 Å². The number of carbonyl (C=O) groups is 2. The lowest BCUT2D eigenvalue weighted by atomic mass is 10.1. The lowest BCUT2D eigenvalue weighted by Gasteiger charge is -2.22. The van der Waals surface area contributed by atoms with E-state index in [-0.39, 0.29) is 17.9 Å². The van der Waals surface area contributed by atoms with Crippen molar-refractivity contribution in [3.8, 4) is 0 Å². The summed E-state index contributed by atoms with van der Waals surface area (Å²) in [5.74, 6) is -0.0376. The molecule has 2 rings (SSSR count). The van der Waals surface area contributed by atoms with Gasteiger partial charge < -0.3 is 10.2 Å². The molecular weight excluding hydrogens is 240 g/mol. The van der Waals surface area contributed by atoms with Gasteiger partial charge in [0.15, 0.2) is 0 Å². The quantitative estimate of drug-likeness (QED) is 0.888. The van der Waals surface area contributed by atoms with Crippen molar-refractivity contribution >= 4 is 11.8 Å². The summed E-state index contributed by atoms with van der Waals surface area (Å²) in [6.07, 6.45) is 2.51. The molecule has 0 aromatic heterocycles. The van der Waals surface area contributed by atoms with Gasteiger partial charge in [-0.05, 0) is 24.8 Å². The maximum atomic E-state index is 12.0. The Labute approximate surface area is 113 Å². The first-order valence-electron chi connectivity index (χ1n) is 6.77. The van der Waals surface area contributed by atoms with E-state index in [1.807, 2.05) is 30.3 Å². The first-order chi connectivity index (χ1) is 9.18. The highest BCUT2D eigenvalue weighted by Gasteiger charge is 2.31. The Morgan fingerprint density at radius 3 is 2.74 bits per heavy atom. The van der Waals surface area contributed by atoms with Gasteiger partial charge in [0.2, 0.25) is 11.8 Å². The highest BCUT2D eigenvalue weighted by atomic mass is 16.2. The summed E-state index contributed by atoms with van der Waals surface area (Å²) in [4.78, 5) is 25.1. The van der Waals surface area contributed by atoms with Crippen LogP contribution in [0.4, 0.5) is 0 Å². The topological polar surface area (TPSA) is 49.4 Å². The van der Waals surface area contributed by atoms with Crippen LogP contribution in [-0.2, 0) is 16.0 Å². The summed E-state index contributed by atoms with van der Waals surface area (Å²) in [6, 6.07) is 9.78. The average molecular weight is 260 g/mol. The van der Waals surface area contributed by atoms with Gasteiger partial charge in [-0.15, -0.1) is 0 Å². The van der Waals surface area contributed by atoms with Gasteiger partial charge in [-0.25, -0.2) is 0 Å². The summed E-state index contributed by atoms with van der Waals surface area (Å²) in [5, 5.41) is 2.93. The van der Waals surface area contributed by atoms with Crippen molar-refractivity contribution in [2.75, 3.05) is 13.1 Å². The molecule has 4 nitrogen and oxygen atoms in total. The Morgan fingerprint density at radius 1 is 1.32 bits per heavy atom. The highest BCUT2D eigenvalue weighted by molar-refractivity contribution is 5.87. The van der Waals surface area contributed by atoms with E-state index >= 15 is 0 Å². The Morgan fingerprint density at radius 2 is 2.05 bits per heavy atom. The zero-order valence-electron chi connectivity index (χ0n) is 11.3. The minimum absolute atomic E-state index is 0.0132. The lowest BCUT2D eigenvalue weighted by molar-refractivity contribution is -0.136. The second-order valence-electron chi connectivity index (χ2n) is 4.90. The van der Waals surface area contributed by atoms with Crippen LogP contribution in [-0.4, -0.2) is 35.8 Å². The summed E-state index contributed by atoms with van der Waals surface area (Å²) < 4.78 is 0. The van der Waals surface area contributed by atoms with E-state index in [0.717, 1.165) is 19.3 Å². The van der Waals surface area contributed by atoms with Crippen LogP contribution in [0.1, 0.15) is 25.3 Å². The zero-order valence-corrected chi connectivity index (χ0v) is 11.3. The maximum absolute atomic E-state index is 12.0. The summed E-state index contributed by atoms with van der Waals surface area (Å²) in [6.45, 7) is 2.84. The van der Waals surface area contributed by atoms with Crippen molar-refractivity contribution in [1.82, 2.24) is 10.2 Å². The third kappa shape index (κ3) is 3.56. The summed E-state index contributed by atoms with van der Waals surface area (Å²) in [5.41, 5.74) is 1.21. The first-order valence-corrected chi connectivity index (χ1v) is 6.77. The third-order valence-electron chi connectivity index (χ3n) is 3.52. The molecule has 0 unspecified atom stereocenters. The monoisotopic (exact) mass is 260 g/mol. The number of likely N-dealkylation sites (tertiary alicyclic amines) is 1. The molecule has 1 fully saturated rings. The van der Waals surface area contributed by atoms with Crippen molar-refractivity contribution in [1.29, 1.82) is 0 Å². The van der Waals surface area contributed by atoms with Gasteiger partial charge in [0, 0.05) is 20.0 Å². The molecule has 0 radical (unpaired) electrons. The predicted octanol–water partition coefficient (Wildman–Crippen LogP) is 1.36. The van der Waals surface area contributed by atoms with E-state index in [9.17, 15) is 9.59 Å². The fourth-order valence-electron chi connectivity index (χ4n) is 2.51. The number of hydrogen-bond acceptors (Lipinski definition) is 2. The van der Waals surface area contributed by atoms with Gasteiger partial charge in [-0.1, -0.05) is 30.3 Å². The number of carbonyl (C=O) groups excluding carboxylic acids is 2. The van der Waals surface area contributed by atoms with E-state index in [1.54, 1.807) is 4.90 Å². The number of hydrogen-bond donors (Lipinski definition) is 1. The van der Waals surface area contributed by atoms with Crippen LogP contribution in [0.3, 0.4) is 0 Å². The predicted molar refractivity (Wildman–Crippen MR) is 73.6 cm³/mol. The Hall–Kier alpha value is -1.84. The van der Waals surface area contributed by atoms with Crippen molar-refractivity contribution < 1.29 is 9.59 Å². The standard InChI is InChI=1S/C15H20N2O2/c1-12(18)17-11-5-8-14(17)15(19)16-10-9-13-6-3-2-4-7-13/h2-4,6-7,14H,5,8-11H2,1H3,(H,16,19)/t14-/m1/s1. The molecule has 1 saturated heterocycles. The zero-order chi connectivity index (χ0) is 13.7.